The fourth-order valence-electron chi connectivity index (χ4n) is 2.08. The highest BCUT2D eigenvalue weighted by molar-refractivity contribution is 6.32. The number of ether oxygens (including phenoxy) is 1. The summed E-state index contributed by atoms with van der Waals surface area (Å²) in [5.41, 5.74) is 1.89. The highest BCUT2D eigenvalue weighted by Crippen LogP contribution is 2.25. The number of aliphatic carboxylic acids is 1. The van der Waals surface area contributed by atoms with Gasteiger partial charge in [-0.3, -0.25) is 4.79 Å². The van der Waals surface area contributed by atoms with Crippen LogP contribution in [-0.2, 0) is 4.79 Å². The number of para-hydroxylation sites is 1. The van der Waals surface area contributed by atoms with Crippen LogP contribution in [0.1, 0.15) is 23.5 Å². The Bertz CT molecular complexity index is 608. The molecule has 0 aliphatic heterocycles. The maximum absolute atomic E-state index is 11.4. The second-order valence-electron chi connectivity index (χ2n) is 4.87. The van der Waals surface area contributed by atoms with Crippen molar-refractivity contribution in [1.29, 1.82) is 0 Å². The smallest absolute Gasteiger partial charge is 0.311 e. The van der Waals surface area contributed by atoms with Crippen LogP contribution in [0.25, 0.3) is 0 Å². The Morgan fingerprint density at radius 2 is 1.86 bits per heavy atom. The molecule has 110 valence electrons. The minimum Gasteiger partial charge on any atom is -0.492 e. The Morgan fingerprint density at radius 3 is 2.48 bits per heavy atom. The van der Waals surface area contributed by atoms with Crippen molar-refractivity contribution in [1.82, 2.24) is 0 Å². The van der Waals surface area contributed by atoms with E-state index < -0.39 is 11.9 Å². The predicted molar refractivity (Wildman–Crippen MR) is 83.1 cm³/mol. The third-order valence-electron chi connectivity index (χ3n) is 3.28. The van der Waals surface area contributed by atoms with Crippen LogP contribution in [0.5, 0.6) is 5.75 Å². The molecule has 4 heteroatoms. The molecule has 21 heavy (non-hydrogen) atoms. The van der Waals surface area contributed by atoms with Crippen LogP contribution in [0.4, 0.5) is 0 Å². The minimum absolute atomic E-state index is 0.300. The summed E-state index contributed by atoms with van der Waals surface area (Å²) in [5.74, 6) is -0.845. The molecule has 0 aliphatic rings. The van der Waals surface area contributed by atoms with Gasteiger partial charge in [-0.15, -0.1) is 0 Å². The molecule has 0 aromatic heterocycles. The van der Waals surface area contributed by atoms with Gasteiger partial charge in [-0.25, -0.2) is 0 Å². The molecule has 0 heterocycles. The average molecular weight is 305 g/mol. The molecule has 0 bridgehead atoms. The quantitative estimate of drug-likeness (QED) is 0.866. The second kappa shape index (κ2) is 7.14. The monoisotopic (exact) mass is 304 g/mol. The summed E-state index contributed by atoms with van der Waals surface area (Å²) in [6.07, 6.45) is 0.392. The molecular formula is C17H17ClO3. The number of hydrogen-bond acceptors (Lipinski definition) is 2. The van der Waals surface area contributed by atoms with Crippen LogP contribution in [0.3, 0.4) is 0 Å². The van der Waals surface area contributed by atoms with Gasteiger partial charge in [-0.2, -0.15) is 0 Å². The lowest BCUT2D eigenvalue weighted by Gasteiger charge is -2.14. The first-order valence-electron chi connectivity index (χ1n) is 6.74. The zero-order chi connectivity index (χ0) is 15.2. The van der Waals surface area contributed by atoms with E-state index in [9.17, 15) is 9.90 Å². The van der Waals surface area contributed by atoms with Gasteiger partial charge in [0.1, 0.15) is 5.75 Å². The van der Waals surface area contributed by atoms with Crippen LogP contribution < -0.4 is 4.74 Å². The maximum atomic E-state index is 11.4. The summed E-state index contributed by atoms with van der Waals surface area (Å²) >= 11 is 6.00. The van der Waals surface area contributed by atoms with Gasteiger partial charge in [-0.05, 0) is 31.0 Å². The SMILES string of the molecule is Cc1ccc(C(CCOc2ccccc2Cl)C(=O)O)cc1. The Balaban J connectivity index is 2.00. The average Bonchev–Trinajstić information content (AvgIpc) is 2.46. The first kappa shape index (κ1) is 15.4. The lowest BCUT2D eigenvalue weighted by atomic mass is 9.95. The molecule has 3 nitrogen and oxygen atoms in total. The summed E-state index contributed by atoms with van der Waals surface area (Å²) in [6, 6.07) is 14.7. The summed E-state index contributed by atoms with van der Waals surface area (Å²) in [5, 5.41) is 9.89. The van der Waals surface area contributed by atoms with E-state index in [1.807, 2.05) is 43.3 Å². The van der Waals surface area contributed by atoms with Crippen molar-refractivity contribution >= 4 is 17.6 Å². The molecule has 1 unspecified atom stereocenters. The van der Waals surface area contributed by atoms with Gasteiger partial charge in [-0.1, -0.05) is 53.6 Å². The fourth-order valence-corrected chi connectivity index (χ4v) is 2.27. The number of halogens is 1. The summed E-state index contributed by atoms with van der Waals surface area (Å²) in [7, 11) is 0. The number of hydrogen-bond donors (Lipinski definition) is 1. The highest BCUT2D eigenvalue weighted by Gasteiger charge is 2.19. The molecule has 2 rings (SSSR count). The largest absolute Gasteiger partial charge is 0.492 e. The number of benzene rings is 2. The zero-order valence-electron chi connectivity index (χ0n) is 11.8. The van der Waals surface area contributed by atoms with Crippen molar-refractivity contribution in [3.05, 3.63) is 64.7 Å². The van der Waals surface area contributed by atoms with Gasteiger partial charge in [0.05, 0.1) is 17.5 Å². The van der Waals surface area contributed by atoms with Gasteiger partial charge < -0.3 is 9.84 Å². The Labute approximate surface area is 129 Å². The number of aryl methyl sites for hydroxylation is 1. The lowest BCUT2D eigenvalue weighted by molar-refractivity contribution is -0.139. The fraction of sp³-hybridized carbons (Fsp3) is 0.235. The molecule has 0 spiro atoms. The van der Waals surface area contributed by atoms with Crippen LogP contribution in [0, 0.1) is 6.92 Å². The van der Waals surface area contributed by atoms with Crippen molar-refractivity contribution in [3.8, 4) is 5.75 Å². The van der Waals surface area contributed by atoms with Gasteiger partial charge in [0.2, 0.25) is 0 Å². The molecular weight excluding hydrogens is 288 g/mol. The minimum atomic E-state index is -0.846. The van der Waals surface area contributed by atoms with Crippen molar-refractivity contribution in [2.45, 2.75) is 19.3 Å². The first-order valence-corrected chi connectivity index (χ1v) is 7.12. The van der Waals surface area contributed by atoms with Gasteiger partial charge in [0.25, 0.3) is 0 Å². The van der Waals surface area contributed by atoms with Crippen molar-refractivity contribution in [2.75, 3.05) is 6.61 Å². The Morgan fingerprint density at radius 1 is 1.19 bits per heavy atom. The Hall–Kier alpha value is -2.00. The van der Waals surface area contributed by atoms with Crippen molar-refractivity contribution < 1.29 is 14.6 Å². The molecule has 1 atom stereocenters. The van der Waals surface area contributed by atoms with E-state index in [-0.39, 0.29) is 0 Å². The van der Waals surface area contributed by atoms with Crippen LogP contribution in [0.15, 0.2) is 48.5 Å². The summed E-state index contributed by atoms with van der Waals surface area (Å²) < 4.78 is 5.57. The standard InChI is InChI=1S/C17H17ClO3/c1-12-6-8-13(9-7-12)14(17(19)20)10-11-21-16-5-3-2-4-15(16)18/h2-9,14H,10-11H2,1H3,(H,19,20). The van der Waals surface area contributed by atoms with E-state index >= 15 is 0 Å². The molecule has 0 radical (unpaired) electrons. The van der Waals surface area contributed by atoms with Crippen LogP contribution >= 0.6 is 11.6 Å². The van der Waals surface area contributed by atoms with Crippen LogP contribution in [-0.4, -0.2) is 17.7 Å². The normalized spacial score (nSPS) is 11.9. The first-order chi connectivity index (χ1) is 10.1. The molecule has 0 amide bonds. The maximum Gasteiger partial charge on any atom is 0.311 e. The number of rotatable bonds is 6. The van der Waals surface area contributed by atoms with E-state index in [4.69, 9.17) is 16.3 Å². The van der Waals surface area contributed by atoms with Gasteiger partial charge in [0.15, 0.2) is 0 Å². The van der Waals surface area contributed by atoms with E-state index in [0.29, 0.717) is 23.8 Å². The summed E-state index contributed by atoms with van der Waals surface area (Å²) in [4.78, 5) is 11.4. The van der Waals surface area contributed by atoms with E-state index in [1.54, 1.807) is 12.1 Å². The van der Waals surface area contributed by atoms with E-state index in [1.165, 1.54) is 0 Å². The van der Waals surface area contributed by atoms with Crippen molar-refractivity contribution in [3.63, 3.8) is 0 Å². The molecule has 0 saturated heterocycles. The number of carboxylic acid groups (broad SMARTS) is 1. The molecule has 0 saturated carbocycles. The molecule has 0 aliphatic carbocycles. The van der Waals surface area contributed by atoms with E-state index in [0.717, 1.165) is 11.1 Å². The molecule has 2 aromatic rings. The van der Waals surface area contributed by atoms with Gasteiger partial charge >= 0.3 is 5.97 Å². The Kier molecular flexibility index (Phi) is 5.23. The third-order valence-corrected chi connectivity index (χ3v) is 3.59. The number of carboxylic acids is 1. The van der Waals surface area contributed by atoms with Gasteiger partial charge in [0, 0.05) is 0 Å². The molecule has 0 fully saturated rings. The topological polar surface area (TPSA) is 46.5 Å². The highest BCUT2D eigenvalue weighted by atomic mass is 35.5. The van der Waals surface area contributed by atoms with E-state index in [2.05, 4.69) is 0 Å². The van der Waals surface area contributed by atoms with Crippen molar-refractivity contribution in [2.24, 2.45) is 0 Å². The predicted octanol–water partition coefficient (Wildman–Crippen LogP) is 4.29. The number of carbonyl (C=O) groups is 1. The zero-order valence-corrected chi connectivity index (χ0v) is 12.5. The molecule has 1 N–H and O–H groups in total. The summed E-state index contributed by atoms with van der Waals surface area (Å²) in [6.45, 7) is 2.27. The lowest BCUT2D eigenvalue weighted by Crippen LogP contribution is -2.15. The molecule has 2 aromatic carbocycles. The third kappa shape index (κ3) is 4.23. The van der Waals surface area contributed by atoms with Crippen LogP contribution in [0.2, 0.25) is 5.02 Å². The second-order valence-corrected chi connectivity index (χ2v) is 5.28.